The van der Waals surface area contributed by atoms with E-state index in [1.807, 2.05) is 18.2 Å². The molecule has 0 atom stereocenters. The first-order valence-electron chi connectivity index (χ1n) is 6.30. The molecule has 0 unspecified atom stereocenters. The van der Waals surface area contributed by atoms with Gasteiger partial charge in [0, 0.05) is 17.0 Å². The number of hydrogen-bond acceptors (Lipinski definition) is 2. The lowest BCUT2D eigenvalue weighted by atomic mass is 10.1. The van der Waals surface area contributed by atoms with E-state index >= 15 is 0 Å². The maximum Gasteiger partial charge on any atom is 0.240 e. The molecule has 0 aliphatic rings. The van der Waals surface area contributed by atoms with Gasteiger partial charge in [-0.3, -0.25) is 4.79 Å². The first-order chi connectivity index (χ1) is 8.74. The Hall–Kier alpha value is -1.35. The number of unbranched alkanes of at least 4 members (excludes halogenated alkanes) is 3. The summed E-state index contributed by atoms with van der Waals surface area (Å²) < 4.78 is 0. The van der Waals surface area contributed by atoms with Crippen molar-refractivity contribution in [3.05, 3.63) is 34.9 Å². The second-order valence-electron chi connectivity index (χ2n) is 4.13. The summed E-state index contributed by atoms with van der Waals surface area (Å²) in [5.41, 5.74) is 3.30. The van der Waals surface area contributed by atoms with E-state index in [-0.39, 0.29) is 5.91 Å². The second-order valence-corrected chi connectivity index (χ2v) is 4.53. The first kappa shape index (κ1) is 14.7. The van der Waals surface area contributed by atoms with Gasteiger partial charge in [0.2, 0.25) is 5.91 Å². The number of hydrogen-bond donors (Lipinski definition) is 1. The smallest absolute Gasteiger partial charge is 0.240 e. The third-order valence-corrected chi connectivity index (χ3v) is 2.90. The molecule has 18 heavy (non-hydrogen) atoms. The van der Waals surface area contributed by atoms with Gasteiger partial charge in [-0.1, -0.05) is 56.0 Å². The summed E-state index contributed by atoms with van der Waals surface area (Å²) in [6, 6.07) is 7.36. The Kier molecular flexibility index (Phi) is 7.11. The van der Waals surface area contributed by atoms with Crippen LogP contribution in [-0.4, -0.2) is 12.1 Å². The van der Waals surface area contributed by atoms with Gasteiger partial charge in [0.05, 0.1) is 6.21 Å². The molecule has 1 rings (SSSR count). The van der Waals surface area contributed by atoms with Crippen LogP contribution in [0, 0.1) is 0 Å². The van der Waals surface area contributed by atoms with Crippen molar-refractivity contribution in [3.8, 4) is 0 Å². The molecule has 0 radical (unpaired) electrons. The largest absolute Gasteiger partial charge is 0.273 e. The Morgan fingerprint density at radius 3 is 2.83 bits per heavy atom. The van der Waals surface area contributed by atoms with Gasteiger partial charge in [0.25, 0.3) is 0 Å². The molecule has 4 heteroatoms. The average Bonchev–Trinajstić information content (AvgIpc) is 2.37. The van der Waals surface area contributed by atoms with Crippen molar-refractivity contribution >= 4 is 23.7 Å². The molecule has 1 aromatic carbocycles. The molecule has 3 nitrogen and oxygen atoms in total. The van der Waals surface area contributed by atoms with E-state index in [0.29, 0.717) is 11.4 Å². The molecule has 98 valence electrons. The van der Waals surface area contributed by atoms with Crippen molar-refractivity contribution in [2.24, 2.45) is 5.10 Å². The Morgan fingerprint density at radius 2 is 2.11 bits per heavy atom. The number of nitrogens with one attached hydrogen (secondary N) is 1. The third-order valence-electron chi connectivity index (χ3n) is 2.56. The summed E-state index contributed by atoms with van der Waals surface area (Å²) in [5, 5.41) is 4.52. The molecule has 0 fully saturated rings. The molecule has 0 aliphatic carbocycles. The summed E-state index contributed by atoms with van der Waals surface area (Å²) in [6.45, 7) is 2.15. The monoisotopic (exact) mass is 266 g/mol. The zero-order valence-electron chi connectivity index (χ0n) is 10.7. The fourth-order valence-electron chi connectivity index (χ4n) is 1.52. The summed E-state index contributed by atoms with van der Waals surface area (Å²) in [4.78, 5) is 11.4. The van der Waals surface area contributed by atoms with E-state index in [0.717, 1.165) is 18.4 Å². The Labute approximate surface area is 113 Å². The second kappa shape index (κ2) is 8.70. The van der Waals surface area contributed by atoms with E-state index in [2.05, 4.69) is 17.5 Å². The number of carbonyl (C=O) groups is 1. The Bertz CT molecular complexity index is 405. The van der Waals surface area contributed by atoms with Gasteiger partial charge in [-0.15, -0.1) is 0 Å². The molecular formula is C14H19ClN2O. The number of benzene rings is 1. The van der Waals surface area contributed by atoms with Crippen LogP contribution in [0.2, 0.25) is 5.02 Å². The van der Waals surface area contributed by atoms with Crippen molar-refractivity contribution in [2.45, 2.75) is 39.0 Å². The fraction of sp³-hybridized carbons (Fsp3) is 0.429. The summed E-state index contributed by atoms with van der Waals surface area (Å²) in [6.07, 6.45) is 6.45. The number of rotatable bonds is 7. The van der Waals surface area contributed by atoms with Gasteiger partial charge >= 0.3 is 0 Å². The molecule has 0 saturated carbocycles. The Morgan fingerprint density at radius 1 is 1.33 bits per heavy atom. The van der Waals surface area contributed by atoms with Crippen molar-refractivity contribution < 1.29 is 4.79 Å². The SMILES string of the molecule is CCCCCCC(=O)NN=Cc1ccccc1Cl. The highest BCUT2D eigenvalue weighted by atomic mass is 35.5. The number of carbonyl (C=O) groups excluding carboxylic acids is 1. The highest BCUT2D eigenvalue weighted by molar-refractivity contribution is 6.33. The van der Waals surface area contributed by atoms with Crippen LogP contribution < -0.4 is 5.43 Å². The van der Waals surface area contributed by atoms with Gasteiger partial charge in [0.15, 0.2) is 0 Å². The maximum absolute atomic E-state index is 11.4. The maximum atomic E-state index is 11.4. The molecule has 0 spiro atoms. The molecule has 0 heterocycles. The van der Waals surface area contributed by atoms with Crippen LogP contribution in [0.3, 0.4) is 0 Å². The molecule has 1 aromatic rings. The van der Waals surface area contributed by atoms with E-state index in [4.69, 9.17) is 11.6 Å². The summed E-state index contributed by atoms with van der Waals surface area (Å²) in [7, 11) is 0. The standard InChI is InChI=1S/C14H19ClN2O/c1-2-3-4-5-10-14(18)17-16-11-12-8-6-7-9-13(12)15/h6-9,11H,2-5,10H2,1H3,(H,17,18). The zero-order chi connectivity index (χ0) is 13.2. The van der Waals surface area contributed by atoms with Crippen LogP contribution in [0.4, 0.5) is 0 Å². The molecule has 0 aromatic heterocycles. The van der Waals surface area contributed by atoms with E-state index in [9.17, 15) is 4.79 Å². The predicted molar refractivity (Wildman–Crippen MR) is 75.9 cm³/mol. The van der Waals surface area contributed by atoms with Crippen molar-refractivity contribution in [1.82, 2.24) is 5.43 Å². The number of nitrogens with zero attached hydrogens (tertiary/aromatic N) is 1. The van der Waals surface area contributed by atoms with E-state index in [1.165, 1.54) is 12.8 Å². The lowest BCUT2D eigenvalue weighted by molar-refractivity contribution is -0.121. The van der Waals surface area contributed by atoms with E-state index in [1.54, 1.807) is 12.3 Å². The summed E-state index contributed by atoms with van der Waals surface area (Å²) in [5.74, 6) is -0.0468. The highest BCUT2D eigenvalue weighted by Gasteiger charge is 1.99. The first-order valence-corrected chi connectivity index (χ1v) is 6.68. The van der Waals surface area contributed by atoms with Crippen molar-refractivity contribution in [1.29, 1.82) is 0 Å². The normalized spacial score (nSPS) is 10.8. The van der Waals surface area contributed by atoms with Crippen LogP contribution >= 0.6 is 11.6 Å². The van der Waals surface area contributed by atoms with Crippen LogP contribution in [0.15, 0.2) is 29.4 Å². The third kappa shape index (κ3) is 5.82. The minimum Gasteiger partial charge on any atom is -0.273 e. The van der Waals surface area contributed by atoms with Crippen LogP contribution in [-0.2, 0) is 4.79 Å². The quantitative estimate of drug-likeness (QED) is 0.456. The van der Waals surface area contributed by atoms with Crippen molar-refractivity contribution in [3.63, 3.8) is 0 Å². The lowest BCUT2D eigenvalue weighted by Gasteiger charge is -2.00. The number of amides is 1. The number of halogens is 1. The predicted octanol–water partition coefficient (Wildman–Crippen LogP) is 3.76. The minimum absolute atomic E-state index is 0.0468. The fourth-order valence-corrected chi connectivity index (χ4v) is 1.71. The number of hydrazone groups is 1. The molecule has 1 N–H and O–H groups in total. The van der Waals surface area contributed by atoms with Gasteiger partial charge in [-0.05, 0) is 12.5 Å². The molecule has 0 aliphatic heterocycles. The van der Waals surface area contributed by atoms with E-state index < -0.39 is 0 Å². The molecule has 0 bridgehead atoms. The molecule has 1 amide bonds. The van der Waals surface area contributed by atoms with Crippen LogP contribution in [0.1, 0.15) is 44.6 Å². The highest BCUT2D eigenvalue weighted by Crippen LogP contribution is 2.12. The average molecular weight is 267 g/mol. The van der Waals surface area contributed by atoms with Gasteiger partial charge in [-0.25, -0.2) is 5.43 Å². The van der Waals surface area contributed by atoms with Gasteiger partial charge in [-0.2, -0.15) is 5.10 Å². The van der Waals surface area contributed by atoms with Gasteiger partial charge in [0.1, 0.15) is 0 Å². The van der Waals surface area contributed by atoms with Gasteiger partial charge < -0.3 is 0 Å². The lowest BCUT2D eigenvalue weighted by Crippen LogP contribution is -2.16. The topological polar surface area (TPSA) is 41.5 Å². The molecular weight excluding hydrogens is 248 g/mol. The Balaban J connectivity index is 2.28. The van der Waals surface area contributed by atoms with Crippen LogP contribution in [0.5, 0.6) is 0 Å². The van der Waals surface area contributed by atoms with Crippen LogP contribution in [0.25, 0.3) is 0 Å². The van der Waals surface area contributed by atoms with Crippen molar-refractivity contribution in [2.75, 3.05) is 0 Å². The zero-order valence-corrected chi connectivity index (χ0v) is 11.4. The summed E-state index contributed by atoms with van der Waals surface area (Å²) >= 11 is 5.95. The molecule has 0 saturated heterocycles. The minimum atomic E-state index is -0.0468.